The van der Waals surface area contributed by atoms with Gasteiger partial charge in [-0.1, -0.05) is 36.4 Å². The second-order valence-corrected chi connectivity index (χ2v) is 4.74. The summed E-state index contributed by atoms with van der Waals surface area (Å²) in [6.07, 6.45) is 5.06. The zero-order valence-electron chi connectivity index (χ0n) is 11.3. The van der Waals surface area contributed by atoms with Gasteiger partial charge in [0.15, 0.2) is 0 Å². The summed E-state index contributed by atoms with van der Waals surface area (Å²) in [5.74, 6) is -0.153. The highest BCUT2D eigenvalue weighted by atomic mass is 19.1. The summed E-state index contributed by atoms with van der Waals surface area (Å²) in [6, 6.07) is 11.4. The molecule has 2 rings (SSSR count). The van der Waals surface area contributed by atoms with Gasteiger partial charge in [0.05, 0.1) is 0 Å². The summed E-state index contributed by atoms with van der Waals surface area (Å²) in [5, 5.41) is 5.03. The number of allylic oxidation sites excluding steroid dienone is 1. The smallest absolute Gasteiger partial charge is 0.131 e. The average molecular weight is 257 g/mol. The molecule has 2 heteroatoms. The van der Waals surface area contributed by atoms with E-state index in [-0.39, 0.29) is 11.9 Å². The van der Waals surface area contributed by atoms with Gasteiger partial charge in [0, 0.05) is 11.4 Å². The molecule has 100 valence electrons. The van der Waals surface area contributed by atoms with E-state index < -0.39 is 0 Å². The van der Waals surface area contributed by atoms with Gasteiger partial charge < -0.3 is 5.32 Å². The summed E-state index contributed by atoms with van der Waals surface area (Å²) in [4.78, 5) is 0. The molecule has 0 amide bonds. The minimum Gasteiger partial charge on any atom is -0.313 e. The zero-order valence-corrected chi connectivity index (χ0v) is 11.3. The van der Waals surface area contributed by atoms with E-state index in [1.807, 2.05) is 43.5 Å². The lowest BCUT2D eigenvalue weighted by atomic mass is 9.95. The maximum absolute atomic E-state index is 13.8. The molecule has 0 heterocycles. The Hall–Kier alpha value is -1.67. The molecule has 0 saturated heterocycles. The van der Waals surface area contributed by atoms with E-state index in [0.717, 1.165) is 24.6 Å². The third kappa shape index (κ3) is 3.02. The molecular weight excluding hydrogens is 237 g/mol. The minimum atomic E-state index is -0.153. The highest BCUT2D eigenvalue weighted by molar-refractivity contribution is 5.86. The Balaban J connectivity index is 2.37. The largest absolute Gasteiger partial charge is 0.313 e. The van der Waals surface area contributed by atoms with Gasteiger partial charge in [0.1, 0.15) is 5.82 Å². The van der Waals surface area contributed by atoms with Crippen molar-refractivity contribution in [3.05, 3.63) is 60.4 Å². The van der Waals surface area contributed by atoms with Crippen LogP contribution in [0.2, 0.25) is 0 Å². The standard InChI is InChI=1S/C17H20FN/c1-3-4-5-10-17(19-2)15-11-12-16(18)14-9-7-6-8-13(14)15/h3,6-9,11-12,17,19H,1,4-5,10H2,2H3. The van der Waals surface area contributed by atoms with Crippen molar-refractivity contribution in [1.82, 2.24) is 5.32 Å². The first-order chi connectivity index (χ1) is 9.27. The second kappa shape index (κ2) is 6.48. The van der Waals surface area contributed by atoms with Crippen LogP contribution >= 0.6 is 0 Å². The van der Waals surface area contributed by atoms with Crippen LogP contribution in [-0.2, 0) is 0 Å². The van der Waals surface area contributed by atoms with Crippen LogP contribution in [0.15, 0.2) is 49.1 Å². The molecule has 0 bridgehead atoms. The van der Waals surface area contributed by atoms with Crippen LogP contribution in [0, 0.1) is 5.82 Å². The van der Waals surface area contributed by atoms with E-state index in [9.17, 15) is 4.39 Å². The summed E-state index contributed by atoms with van der Waals surface area (Å²) in [5.41, 5.74) is 1.17. The van der Waals surface area contributed by atoms with Gasteiger partial charge in [0.25, 0.3) is 0 Å². The number of fused-ring (bicyclic) bond motifs is 1. The van der Waals surface area contributed by atoms with E-state index >= 15 is 0 Å². The summed E-state index contributed by atoms with van der Waals surface area (Å²) in [7, 11) is 1.96. The average Bonchev–Trinajstić information content (AvgIpc) is 2.45. The Morgan fingerprint density at radius 3 is 2.63 bits per heavy atom. The Morgan fingerprint density at radius 2 is 1.95 bits per heavy atom. The highest BCUT2D eigenvalue weighted by Gasteiger charge is 2.13. The third-order valence-electron chi connectivity index (χ3n) is 3.53. The monoisotopic (exact) mass is 257 g/mol. The van der Waals surface area contributed by atoms with E-state index in [1.54, 1.807) is 6.07 Å². The van der Waals surface area contributed by atoms with Crippen LogP contribution < -0.4 is 5.32 Å². The van der Waals surface area contributed by atoms with E-state index in [2.05, 4.69) is 11.9 Å². The first kappa shape index (κ1) is 13.8. The predicted molar refractivity (Wildman–Crippen MR) is 79.8 cm³/mol. The van der Waals surface area contributed by atoms with Crippen LogP contribution in [0.5, 0.6) is 0 Å². The molecule has 0 radical (unpaired) electrons. The van der Waals surface area contributed by atoms with Crippen LogP contribution in [0.3, 0.4) is 0 Å². The van der Waals surface area contributed by atoms with E-state index in [0.29, 0.717) is 5.39 Å². The lowest BCUT2D eigenvalue weighted by Gasteiger charge is -2.18. The molecule has 0 aliphatic carbocycles. The van der Waals surface area contributed by atoms with Gasteiger partial charge in [-0.15, -0.1) is 6.58 Å². The molecule has 0 aliphatic heterocycles. The minimum absolute atomic E-state index is 0.153. The molecule has 0 aromatic heterocycles. The van der Waals surface area contributed by atoms with Crippen molar-refractivity contribution >= 4 is 10.8 Å². The Bertz CT molecular complexity index is 562. The molecule has 0 saturated carbocycles. The first-order valence-electron chi connectivity index (χ1n) is 6.73. The number of rotatable bonds is 6. The van der Waals surface area contributed by atoms with Crippen molar-refractivity contribution < 1.29 is 4.39 Å². The molecule has 1 atom stereocenters. The molecule has 0 spiro atoms. The maximum atomic E-state index is 13.8. The van der Waals surface area contributed by atoms with Crippen molar-refractivity contribution in [2.24, 2.45) is 0 Å². The van der Waals surface area contributed by atoms with Crippen molar-refractivity contribution in [1.29, 1.82) is 0 Å². The zero-order chi connectivity index (χ0) is 13.7. The van der Waals surface area contributed by atoms with Gasteiger partial charge in [0.2, 0.25) is 0 Å². The number of unbranched alkanes of at least 4 members (excludes halogenated alkanes) is 1. The molecule has 1 unspecified atom stereocenters. The van der Waals surface area contributed by atoms with Gasteiger partial charge in [-0.05, 0) is 43.3 Å². The van der Waals surface area contributed by atoms with Gasteiger partial charge in [-0.2, -0.15) is 0 Å². The van der Waals surface area contributed by atoms with E-state index in [4.69, 9.17) is 0 Å². The quantitative estimate of drug-likeness (QED) is 0.589. The van der Waals surface area contributed by atoms with Crippen molar-refractivity contribution in [2.45, 2.75) is 25.3 Å². The Labute approximate surface area is 114 Å². The molecule has 2 aromatic carbocycles. The van der Waals surface area contributed by atoms with Crippen LogP contribution in [0.25, 0.3) is 10.8 Å². The second-order valence-electron chi connectivity index (χ2n) is 4.74. The van der Waals surface area contributed by atoms with Crippen molar-refractivity contribution in [3.63, 3.8) is 0 Å². The SMILES string of the molecule is C=CCCCC(NC)c1ccc(F)c2ccccc12. The normalized spacial score (nSPS) is 12.5. The number of halogens is 1. The maximum Gasteiger partial charge on any atom is 0.131 e. The molecule has 19 heavy (non-hydrogen) atoms. The summed E-state index contributed by atoms with van der Waals surface area (Å²) < 4.78 is 13.8. The fraction of sp³-hybridized carbons (Fsp3) is 0.294. The van der Waals surface area contributed by atoms with Crippen molar-refractivity contribution in [2.75, 3.05) is 7.05 Å². The fourth-order valence-corrected chi connectivity index (χ4v) is 2.51. The Morgan fingerprint density at radius 1 is 1.21 bits per heavy atom. The first-order valence-corrected chi connectivity index (χ1v) is 6.73. The van der Waals surface area contributed by atoms with Crippen molar-refractivity contribution in [3.8, 4) is 0 Å². The highest BCUT2D eigenvalue weighted by Crippen LogP contribution is 2.28. The number of benzene rings is 2. The van der Waals surface area contributed by atoms with Gasteiger partial charge in [-0.25, -0.2) is 4.39 Å². The molecule has 0 aliphatic rings. The van der Waals surface area contributed by atoms with Gasteiger partial charge in [-0.3, -0.25) is 0 Å². The lowest BCUT2D eigenvalue weighted by molar-refractivity contribution is 0.532. The summed E-state index contributed by atoms with van der Waals surface area (Å²) in [6.45, 7) is 3.75. The molecular formula is C17H20FN. The number of hydrogen-bond acceptors (Lipinski definition) is 1. The van der Waals surface area contributed by atoms with Crippen LogP contribution in [0.1, 0.15) is 30.9 Å². The van der Waals surface area contributed by atoms with Crippen LogP contribution in [0.4, 0.5) is 4.39 Å². The molecule has 1 nitrogen and oxygen atoms in total. The molecule has 1 N–H and O–H groups in total. The third-order valence-corrected chi connectivity index (χ3v) is 3.53. The summed E-state index contributed by atoms with van der Waals surface area (Å²) >= 11 is 0. The number of hydrogen-bond donors (Lipinski definition) is 1. The Kier molecular flexibility index (Phi) is 4.69. The predicted octanol–water partition coefficient (Wildman–Crippen LogP) is 4.60. The fourth-order valence-electron chi connectivity index (χ4n) is 2.51. The topological polar surface area (TPSA) is 12.0 Å². The lowest BCUT2D eigenvalue weighted by Crippen LogP contribution is -2.16. The number of nitrogens with one attached hydrogen (secondary N) is 1. The van der Waals surface area contributed by atoms with Crippen LogP contribution in [-0.4, -0.2) is 7.05 Å². The molecule has 2 aromatic rings. The van der Waals surface area contributed by atoms with Gasteiger partial charge >= 0.3 is 0 Å². The van der Waals surface area contributed by atoms with E-state index in [1.165, 1.54) is 5.56 Å². The molecule has 0 fully saturated rings.